The zero-order valence-corrected chi connectivity index (χ0v) is 11.6. The standard InChI is InChI=1S/C14H15BrO2/c1-9-12(14(16)17-2)5-3-4-10-6-7-11(15)8-13(9)10/h6-8H,3-5H2,1-2H3. The molecule has 0 amide bonds. The van der Waals surface area contributed by atoms with Crippen molar-refractivity contribution in [1.82, 2.24) is 0 Å². The van der Waals surface area contributed by atoms with E-state index in [1.807, 2.05) is 6.92 Å². The number of halogens is 1. The predicted molar refractivity (Wildman–Crippen MR) is 71.7 cm³/mol. The van der Waals surface area contributed by atoms with Crippen LogP contribution in [0.5, 0.6) is 0 Å². The Morgan fingerprint density at radius 1 is 1.35 bits per heavy atom. The molecule has 0 radical (unpaired) electrons. The highest BCUT2D eigenvalue weighted by Crippen LogP contribution is 2.32. The molecule has 3 heteroatoms. The van der Waals surface area contributed by atoms with Crippen molar-refractivity contribution in [2.45, 2.75) is 26.2 Å². The highest BCUT2D eigenvalue weighted by Gasteiger charge is 2.19. The van der Waals surface area contributed by atoms with E-state index >= 15 is 0 Å². The first kappa shape index (κ1) is 12.4. The van der Waals surface area contributed by atoms with Gasteiger partial charge < -0.3 is 4.74 Å². The van der Waals surface area contributed by atoms with Gasteiger partial charge in [0, 0.05) is 10.0 Å². The minimum Gasteiger partial charge on any atom is -0.466 e. The largest absolute Gasteiger partial charge is 0.466 e. The first-order valence-corrected chi connectivity index (χ1v) is 6.49. The van der Waals surface area contributed by atoms with Crippen molar-refractivity contribution >= 4 is 27.5 Å². The normalized spacial score (nSPS) is 15.2. The molecule has 0 bridgehead atoms. The molecule has 1 aliphatic carbocycles. The number of aryl methyl sites for hydroxylation is 1. The maximum atomic E-state index is 11.7. The maximum absolute atomic E-state index is 11.7. The van der Waals surface area contributed by atoms with Crippen LogP contribution in [0.3, 0.4) is 0 Å². The van der Waals surface area contributed by atoms with Crippen molar-refractivity contribution in [2.75, 3.05) is 7.11 Å². The third-order valence-corrected chi connectivity index (χ3v) is 3.73. The molecule has 0 unspecified atom stereocenters. The molecule has 0 N–H and O–H groups in total. The molecule has 90 valence electrons. The van der Waals surface area contributed by atoms with Crippen LogP contribution in [0, 0.1) is 0 Å². The molecule has 2 rings (SSSR count). The molecule has 1 aromatic carbocycles. The van der Waals surface area contributed by atoms with Gasteiger partial charge in [0.1, 0.15) is 0 Å². The van der Waals surface area contributed by atoms with Gasteiger partial charge in [-0.2, -0.15) is 0 Å². The van der Waals surface area contributed by atoms with Crippen LogP contribution in [0.1, 0.15) is 30.9 Å². The Morgan fingerprint density at radius 2 is 2.12 bits per heavy atom. The van der Waals surface area contributed by atoms with E-state index in [2.05, 4.69) is 34.1 Å². The molecule has 2 nitrogen and oxygen atoms in total. The Kier molecular flexibility index (Phi) is 3.67. The third-order valence-electron chi connectivity index (χ3n) is 3.23. The lowest BCUT2D eigenvalue weighted by molar-refractivity contribution is -0.136. The molecule has 0 spiro atoms. The first-order chi connectivity index (χ1) is 8.13. The summed E-state index contributed by atoms with van der Waals surface area (Å²) in [6.07, 6.45) is 2.81. The molecule has 17 heavy (non-hydrogen) atoms. The van der Waals surface area contributed by atoms with Crippen molar-refractivity contribution < 1.29 is 9.53 Å². The maximum Gasteiger partial charge on any atom is 0.334 e. The minimum absolute atomic E-state index is 0.199. The molecule has 0 saturated carbocycles. The third kappa shape index (κ3) is 2.44. The van der Waals surface area contributed by atoms with Gasteiger partial charge in [0.2, 0.25) is 0 Å². The van der Waals surface area contributed by atoms with Crippen LogP contribution in [0.4, 0.5) is 0 Å². The van der Waals surface area contributed by atoms with E-state index in [1.165, 1.54) is 12.7 Å². The molecule has 0 saturated heterocycles. The fourth-order valence-corrected chi connectivity index (χ4v) is 2.66. The van der Waals surface area contributed by atoms with Crippen LogP contribution in [0.25, 0.3) is 5.57 Å². The molecule has 0 heterocycles. The highest BCUT2D eigenvalue weighted by atomic mass is 79.9. The smallest absolute Gasteiger partial charge is 0.334 e. The van der Waals surface area contributed by atoms with E-state index in [1.54, 1.807) is 0 Å². The Labute approximate surface area is 110 Å². The Hall–Kier alpha value is -1.09. The van der Waals surface area contributed by atoms with Crippen molar-refractivity contribution in [3.05, 3.63) is 39.4 Å². The van der Waals surface area contributed by atoms with Crippen LogP contribution in [-0.4, -0.2) is 13.1 Å². The van der Waals surface area contributed by atoms with Gasteiger partial charge in [-0.15, -0.1) is 0 Å². The van der Waals surface area contributed by atoms with Gasteiger partial charge in [0.05, 0.1) is 7.11 Å². The summed E-state index contributed by atoms with van der Waals surface area (Å²) in [5.41, 5.74) is 4.33. The first-order valence-electron chi connectivity index (χ1n) is 5.70. The second-order valence-corrected chi connectivity index (χ2v) is 5.17. The molecule has 0 fully saturated rings. The monoisotopic (exact) mass is 294 g/mol. The molecular formula is C14H15BrO2. The topological polar surface area (TPSA) is 26.3 Å². The van der Waals surface area contributed by atoms with Crippen LogP contribution < -0.4 is 0 Å². The Balaban J connectivity index is 2.55. The summed E-state index contributed by atoms with van der Waals surface area (Å²) in [5.74, 6) is -0.199. The van der Waals surface area contributed by atoms with Crippen LogP contribution in [0.15, 0.2) is 28.2 Å². The zero-order chi connectivity index (χ0) is 12.4. The summed E-state index contributed by atoms with van der Waals surface area (Å²) in [6.45, 7) is 2.00. The minimum atomic E-state index is -0.199. The van der Waals surface area contributed by atoms with E-state index in [0.717, 1.165) is 40.4 Å². The predicted octanol–water partition coefficient (Wildman–Crippen LogP) is 3.73. The second-order valence-electron chi connectivity index (χ2n) is 4.25. The van der Waals surface area contributed by atoms with E-state index in [-0.39, 0.29) is 5.97 Å². The van der Waals surface area contributed by atoms with Gasteiger partial charge in [0.25, 0.3) is 0 Å². The quantitative estimate of drug-likeness (QED) is 0.738. The number of carbonyl (C=O) groups is 1. The van der Waals surface area contributed by atoms with E-state index < -0.39 is 0 Å². The molecule has 0 atom stereocenters. The summed E-state index contributed by atoms with van der Waals surface area (Å²) < 4.78 is 5.90. The number of allylic oxidation sites excluding steroid dienone is 1. The van der Waals surface area contributed by atoms with Crippen molar-refractivity contribution in [2.24, 2.45) is 0 Å². The number of fused-ring (bicyclic) bond motifs is 1. The summed E-state index contributed by atoms with van der Waals surface area (Å²) in [5, 5.41) is 0. The average molecular weight is 295 g/mol. The Bertz CT molecular complexity index is 489. The van der Waals surface area contributed by atoms with E-state index in [9.17, 15) is 4.79 Å². The van der Waals surface area contributed by atoms with Gasteiger partial charge in [-0.3, -0.25) is 0 Å². The van der Waals surface area contributed by atoms with Gasteiger partial charge in [-0.25, -0.2) is 4.79 Å². The van der Waals surface area contributed by atoms with Crippen molar-refractivity contribution in [3.8, 4) is 0 Å². The Morgan fingerprint density at radius 3 is 2.82 bits per heavy atom. The number of esters is 1. The lowest BCUT2D eigenvalue weighted by Gasteiger charge is -2.10. The summed E-state index contributed by atoms with van der Waals surface area (Å²) >= 11 is 3.48. The molecule has 1 aromatic rings. The highest BCUT2D eigenvalue weighted by molar-refractivity contribution is 9.10. The number of hydrogen-bond acceptors (Lipinski definition) is 2. The second kappa shape index (κ2) is 5.05. The number of ether oxygens (including phenoxy) is 1. The number of benzene rings is 1. The lowest BCUT2D eigenvalue weighted by Crippen LogP contribution is -2.06. The number of hydrogen-bond donors (Lipinski definition) is 0. The summed E-state index contributed by atoms with van der Waals surface area (Å²) in [6, 6.07) is 6.26. The zero-order valence-electron chi connectivity index (χ0n) is 10.0. The SMILES string of the molecule is COC(=O)C1=C(C)c2cc(Br)ccc2CCC1. The number of carbonyl (C=O) groups excluding carboxylic acids is 1. The van der Waals surface area contributed by atoms with Gasteiger partial charge in [-0.1, -0.05) is 22.0 Å². The molecule has 0 aromatic heterocycles. The molecule has 0 aliphatic heterocycles. The van der Waals surface area contributed by atoms with Gasteiger partial charge in [-0.05, 0) is 55.0 Å². The van der Waals surface area contributed by atoms with Gasteiger partial charge >= 0.3 is 5.97 Å². The van der Waals surface area contributed by atoms with E-state index in [0.29, 0.717) is 0 Å². The van der Waals surface area contributed by atoms with Gasteiger partial charge in [0.15, 0.2) is 0 Å². The van der Waals surface area contributed by atoms with Crippen molar-refractivity contribution in [3.63, 3.8) is 0 Å². The number of methoxy groups -OCH3 is 1. The fraction of sp³-hybridized carbons (Fsp3) is 0.357. The average Bonchev–Trinajstić information content (AvgIpc) is 2.49. The number of rotatable bonds is 1. The molecular weight excluding hydrogens is 280 g/mol. The summed E-state index contributed by atoms with van der Waals surface area (Å²) in [4.78, 5) is 11.7. The summed E-state index contributed by atoms with van der Waals surface area (Å²) in [7, 11) is 1.44. The lowest BCUT2D eigenvalue weighted by atomic mass is 9.98. The van der Waals surface area contributed by atoms with Crippen LogP contribution in [-0.2, 0) is 16.0 Å². The van der Waals surface area contributed by atoms with Crippen LogP contribution >= 0.6 is 15.9 Å². The van der Waals surface area contributed by atoms with E-state index in [4.69, 9.17) is 4.74 Å². The van der Waals surface area contributed by atoms with Crippen LogP contribution in [0.2, 0.25) is 0 Å². The van der Waals surface area contributed by atoms with Crippen molar-refractivity contribution in [1.29, 1.82) is 0 Å². The fourth-order valence-electron chi connectivity index (χ4n) is 2.30. The molecule has 1 aliphatic rings.